The first-order chi connectivity index (χ1) is 15.5. The highest BCUT2D eigenvalue weighted by Crippen LogP contribution is 2.30. The van der Waals surface area contributed by atoms with Crippen LogP contribution in [0.4, 0.5) is 0 Å². The Morgan fingerprint density at radius 3 is 2.09 bits per heavy atom. The molecular weight excluding hydrogens is 412 g/mol. The third kappa shape index (κ3) is 3.54. The van der Waals surface area contributed by atoms with Gasteiger partial charge in [-0.3, -0.25) is 14.4 Å². The van der Waals surface area contributed by atoms with Crippen molar-refractivity contribution >= 4 is 23.3 Å². The fraction of sp³-hybridized carbons (Fsp3) is 0.120. The molecule has 0 aromatic heterocycles. The van der Waals surface area contributed by atoms with Crippen molar-refractivity contribution in [2.75, 3.05) is 20.8 Å². The highest BCUT2D eigenvalue weighted by molar-refractivity contribution is 6.30. The van der Waals surface area contributed by atoms with E-state index in [0.717, 1.165) is 0 Å². The predicted molar refractivity (Wildman–Crippen MR) is 114 cm³/mol. The number of methoxy groups -OCH3 is 2. The van der Waals surface area contributed by atoms with E-state index < -0.39 is 24.1 Å². The minimum absolute atomic E-state index is 0.0141. The predicted octanol–water partition coefficient (Wildman–Crippen LogP) is 3.52. The smallest absolute Gasteiger partial charge is 0.339 e. The van der Waals surface area contributed by atoms with Gasteiger partial charge in [0.2, 0.25) is 0 Å². The molecule has 160 valence electrons. The molecule has 0 spiro atoms. The van der Waals surface area contributed by atoms with Crippen LogP contribution in [-0.2, 0) is 4.74 Å². The topological polar surface area (TPSA) is 96.0 Å². The molecule has 0 heterocycles. The largest absolute Gasteiger partial charge is 0.493 e. The van der Waals surface area contributed by atoms with E-state index in [-0.39, 0.29) is 33.6 Å². The number of hydrogen-bond acceptors (Lipinski definition) is 7. The molecule has 7 nitrogen and oxygen atoms in total. The van der Waals surface area contributed by atoms with Gasteiger partial charge in [-0.05, 0) is 24.3 Å². The first-order valence-corrected chi connectivity index (χ1v) is 9.70. The van der Waals surface area contributed by atoms with E-state index in [1.165, 1.54) is 44.6 Å². The molecule has 0 saturated carbocycles. The Hall–Kier alpha value is -4.26. The third-order valence-electron chi connectivity index (χ3n) is 5.21. The SMILES string of the molecule is COc1ccc(C(=O)COC(=O)c2cccc3c2C(=O)c2ccccc2C3=O)cc1OC. The van der Waals surface area contributed by atoms with E-state index in [9.17, 15) is 19.2 Å². The number of ether oxygens (including phenoxy) is 3. The lowest BCUT2D eigenvalue weighted by Gasteiger charge is -2.19. The van der Waals surface area contributed by atoms with Crippen molar-refractivity contribution < 1.29 is 33.4 Å². The second-order valence-corrected chi connectivity index (χ2v) is 7.00. The van der Waals surface area contributed by atoms with Crippen LogP contribution in [0.3, 0.4) is 0 Å². The Morgan fingerprint density at radius 2 is 1.41 bits per heavy atom. The molecule has 0 fully saturated rings. The van der Waals surface area contributed by atoms with Crippen LogP contribution in [0, 0.1) is 0 Å². The van der Waals surface area contributed by atoms with Crippen molar-refractivity contribution in [2.24, 2.45) is 0 Å². The molecule has 7 heteroatoms. The number of hydrogen-bond donors (Lipinski definition) is 0. The molecular formula is C25H18O7. The summed E-state index contributed by atoms with van der Waals surface area (Å²) in [6, 6.07) is 15.4. The quantitative estimate of drug-likeness (QED) is 0.341. The number of carbonyl (C=O) groups excluding carboxylic acids is 4. The van der Waals surface area contributed by atoms with Crippen LogP contribution in [-0.4, -0.2) is 44.1 Å². The summed E-state index contributed by atoms with van der Waals surface area (Å²) < 4.78 is 15.5. The first-order valence-electron chi connectivity index (χ1n) is 9.70. The first kappa shape index (κ1) is 21.0. The maximum absolute atomic E-state index is 13.0. The molecule has 0 unspecified atom stereocenters. The van der Waals surface area contributed by atoms with Gasteiger partial charge in [-0.1, -0.05) is 36.4 Å². The van der Waals surface area contributed by atoms with Crippen molar-refractivity contribution in [1.82, 2.24) is 0 Å². The van der Waals surface area contributed by atoms with Gasteiger partial charge in [0.15, 0.2) is 35.5 Å². The molecule has 1 aliphatic rings. The zero-order chi connectivity index (χ0) is 22.8. The van der Waals surface area contributed by atoms with Crippen molar-refractivity contribution in [3.8, 4) is 11.5 Å². The molecule has 0 N–H and O–H groups in total. The van der Waals surface area contributed by atoms with E-state index in [1.807, 2.05) is 0 Å². The zero-order valence-corrected chi connectivity index (χ0v) is 17.3. The van der Waals surface area contributed by atoms with E-state index in [2.05, 4.69) is 0 Å². The van der Waals surface area contributed by atoms with Crippen molar-refractivity contribution in [2.45, 2.75) is 0 Å². The molecule has 0 atom stereocenters. The van der Waals surface area contributed by atoms with Crippen LogP contribution in [0.5, 0.6) is 11.5 Å². The Kier molecular flexibility index (Phi) is 5.55. The number of ketones is 3. The molecule has 0 aliphatic heterocycles. The minimum atomic E-state index is -0.865. The average molecular weight is 430 g/mol. The van der Waals surface area contributed by atoms with Crippen LogP contribution in [0.25, 0.3) is 0 Å². The van der Waals surface area contributed by atoms with Gasteiger partial charge in [-0.25, -0.2) is 4.79 Å². The van der Waals surface area contributed by atoms with Crippen molar-refractivity contribution in [1.29, 1.82) is 0 Å². The highest BCUT2D eigenvalue weighted by atomic mass is 16.5. The average Bonchev–Trinajstić information content (AvgIpc) is 2.84. The summed E-state index contributed by atoms with van der Waals surface area (Å²) in [5.41, 5.74) is 0.848. The molecule has 0 saturated heterocycles. The van der Waals surface area contributed by atoms with Gasteiger partial charge >= 0.3 is 5.97 Å². The second kappa shape index (κ2) is 8.47. The second-order valence-electron chi connectivity index (χ2n) is 7.00. The Labute approximate surface area is 183 Å². The highest BCUT2D eigenvalue weighted by Gasteiger charge is 2.33. The molecule has 3 aromatic rings. The summed E-state index contributed by atoms with van der Waals surface area (Å²) in [6.07, 6.45) is 0. The van der Waals surface area contributed by atoms with Crippen molar-refractivity contribution in [3.63, 3.8) is 0 Å². The third-order valence-corrected chi connectivity index (χ3v) is 5.21. The molecule has 0 bridgehead atoms. The maximum atomic E-state index is 13.0. The van der Waals surface area contributed by atoms with Gasteiger partial charge in [0, 0.05) is 27.8 Å². The lowest BCUT2D eigenvalue weighted by atomic mass is 9.82. The molecule has 0 amide bonds. The van der Waals surface area contributed by atoms with Crippen LogP contribution in [0.2, 0.25) is 0 Å². The lowest BCUT2D eigenvalue weighted by molar-refractivity contribution is 0.0472. The Balaban J connectivity index is 1.57. The van der Waals surface area contributed by atoms with Gasteiger partial charge < -0.3 is 14.2 Å². The number of rotatable bonds is 6. The number of benzene rings is 3. The monoisotopic (exact) mass is 430 g/mol. The maximum Gasteiger partial charge on any atom is 0.339 e. The summed E-state index contributed by atoms with van der Waals surface area (Å²) >= 11 is 0. The normalized spacial score (nSPS) is 11.9. The van der Waals surface area contributed by atoms with E-state index in [4.69, 9.17) is 14.2 Å². The van der Waals surface area contributed by atoms with Gasteiger partial charge in [-0.15, -0.1) is 0 Å². The van der Waals surface area contributed by atoms with E-state index in [1.54, 1.807) is 30.3 Å². The number of fused-ring (bicyclic) bond motifs is 2. The molecule has 0 radical (unpaired) electrons. The van der Waals surface area contributed by atoms with Crippen LogP contribution in [0.1, 0.15) is 52.6 Å². The Bertz CT molecular complexity index is 1270. The summed E-state index contributed by atoms with van der Waals surface area (Å²) in [7, 11) is 2.92. The van der Waals surface area contributed by atoms with Crippen LogP contribution < -0.4 is 9.47 Å². The lowest BCUT2D eigenvalue weighted by Crippen LogP contribution is -2.25. The van der Waals surface area contributed by atoms with Gasteiger partial charge in [-0.2, -0.15) is 0 Å². The summed E-state index contributed by atoms with van der Waals surface area (Å²) in [4.78, 5) is 51.1. The van der Waals surface area contributed by atoms with E-state index >= 15 is 0 Å². The summed E-state index contributed by atoms with van der Waals surface area (Å²) in [5, 5.41) is 0. The zero-order valence-electron chi connectivity index (χ0n) is 17.3. The van der Waals surface area contributed by atoms with Crippen LogP contribution >= 0.6 is 0 Å². The van der Waals surface area contributed by atoms with Gasteiger partial charge in [0.1, 0.15) is 0 Å². The van der Waals surface area contributed by atoms with Gasteiger partial charge in [0.05, 0.1) is 19.8 Å². The van der Waals surface area contributed by atoms with Gasteiger partial charge in [0.25, 0.3) is 0 Å². The molecule has 3 aromatic carbocycles. The minimum Gasteiger partial charge on any atom is -0.493 e. The molecule has 32 heavy (non-hydrogen) atoms. The summed E-state index contributed by atoms with van der Waals surface area (Å²) in [5.74, 6) is -1.28. The number of Topliss-reactive ketones (excluding diaryl/α,β-unsaturated/α-hetero) is 1. The molecule has 1 aliphatic carbocycles. The fourth-order valence-corrected chi connectivity index (χ4v) is 3.62. The Morgan fingerprint density at radius 1 is 0.750 bits per heavy atom. The number of esters is 1. The molecule has 4 rings (SSSR count). The van der Waals surface area contributed by atoms with Crippen molar-refractivity contribution in [3.05, 3.63) is 94.0 Å². The standard InChI is InChI=1S/C25H18O7/c1-30-20-11-10-14(12-21(20)31-2)19(26)13-32-25(29)18-9-5-8-17-22(18)24(28)16-7-4-3-6-15(16)23(17)27/h3-12H,13H2,1-2H3. The van der Waals surface area contributed by atoms with E-state index in [0.29, 0.717) is 17.1 Å². The number of carbonyl (C=O) groups is 4. The summed E-state index contributed by atoms with van der Waals surface area (Å²) in [6.45, 7) is -0.545. The van der Waals surface area contributed by atoms with Crippen LogP contribution in [0.15, 0.2) is 60.7 Å². The fourth-order valence-electron chi connectivity index (χ4n) is 3.62.